The van der Waals surface area contributed by atoms with Gasteiger partial charge >= 0.3 is 0 Å². The number of nitrogens with one attached hydrogen (secondary N) is 1. The zero-order valence-corrected chi connectivity index (χ0v) is 13.8. The molecule has 104 valence electrons. The fourth-order valence-electron chi connectivity index (χ4n) is 2.04. The van der Waals surface area contributed by atoms with Gasteiger partial charge in [0.15, 0.2) is 0 Å². The Kier molecular flexibility index (Phi) is 4.73. The molecule has 3 N–H and O–H groups in total. The third kappa shape index (κ3) is 3.35. The Bertz CT molecular complexity index is 643. The Morgan fingerprint density at radius 2 is 2.15 bits per heavy atom. The summed E-state index contributed by atoms with van der Waals surface area (Å²) in [4.78, 5) is 4.72. The highest BCUT2D eigenvalue weighted by molar-refractivity contribution is 9.10. The van der Waals surface area contributed by atoms with Gasteiger partial charge in [-0.25, -0.2) is 4.98 Å². The second-order valence-electron chi connectivity index (χ2n) is 4.64. The summed E-state index contributed by atoms with van der Waals surface area (Å²) in [7, 11) is 0. The monoisotopic (exact) mass is 349 g/mol. The molecule has 1 aromatic carbocycles. The van der Waals surface area contributed by atoms with Crippen LogP contribution in [0.5, 0.6) is 0 Å². The normalized spacial score (nSPS) is 11.9. The smallest absolute Gasteiger partial charge is 0.136 e. The highest BCUT2D eigenvalue weighted by Gasteiger charge is 2.13. The fraction of sp³-hybridized carbons (Fsp3) is 0.200. The van der Waals surface area contributed by atoms with Crippen LogP contribution in [0.4, 0.5) is 5.82 Å². The van der Waals surface area contributed by atoms with Gasteiger partial charge in [-0.2, -0.15) is 0 Å². The second-order valence-corrected chi connectivity index (χ2v) is 5.99. The van der Waals surface area contributed by atoms with Crippen molar-refractivity contribution in [2.45, 2.75) is 19.9 Å². The first-order valence-corrected chi connectivity index (χ1v) is 7.46. The standard InChI is InChI=1S/C15H16BrN3S/c1-9-6-7-18-15(13(9)14(17)20)19-10(2)11-4-3-5-12(16)8-11/h3-8,10H,1-2H3,(H2,17,20)(H,18,19). The van der Waals surface area contributed by atoms with Crippen LogP contribution < -0.4 is 11.1 Å². The first-order chi connectivity index (χ1) is 9.49. The van der Waals surface area contributed by atoms with Gasteiger partial charge in [0.25, 0.3) is 0 Å². The number of hydrogen-bond donors (Lipinski definition) is 2. The number of halogens is 1. The number of thiocarbonyl (C=S) groups is 1. The molecule has 0 saturated carbocycles. The molecule has 0 bridgehead atoms. The van der Waals surface area contributed by atoms with Gasteiger partial charge in [0, 0.05) is 16.7 Å². The van der Waals surface area contributed by atoms with Gasteiger partial charge in [0.05, 0.1) is 5.56 Å². The molecule has 0 radical (unpaired) electrons. The van der Waals surface area contributed by atoms with Crippen LogP contribution in [0.15, 0.2) is 41.0 Å². The molecule has 0 fully saturated rings. The molecule has 0 aliphatic heterocycles. The maximum Gasteiger partial charge on any atom is 0.136 e. The van der Waals surface area contributed by atoms with Crippen molar-refractivity contribution >= 4 is 39.0 Å². The molecule has 1 heterocycles. The maximum atomic E-state index is 5.80. The summed E-state index contributed by atoms with van der Waals surface area (Å²) < 4.78 is 1.05. The van der Waals surface area contributed by atoms with Crippen molar-refractivity contribution in [3.05, 3.63) is 57.7 Å². The molecule has 3 nitrogen and oxygen atoms in total. The number of nitrogens with two attached hydrogens (primary N) is 1. The Morgan fingerprint density at radius 3 is 2.80 bits per heavy atom. The number of benzene rings is 1. The lowest BCUT2D eigenvalue weighted by molar-refractivity contribution is 0.872. The van der Waals surface area contributed by atoms with E-state index in [0.717, 1.165) is 27.0 Å². The van der Waals surface area contributed by atoms with Crippen LogP contribution in [-0.2, 0) is 0 Å². The largest absolute Gasteiger partial charge is 0.389 e. The van der Waals surface area contributed by atoms with Crippen molar-refractivity contribution in [2.75, 3.05) is 5.32 Å². The molecule has 2 aromatic rings. The number of hydrogen-bond acceptors (Lipinski definition) is 3. The summed E-state index contributed by atoms with van der Waals surface area (Å²) >= 11 is 8.60. The Balaban J connectivity index is 2.30. The Morgan fingerprint density at radius 1 is 1.40 bits per heavy atom. The average molecular weight is 350 g/mol. The SMILES string of the molecule is Cc1ccnc(NC(C)c2cccc(Br)c2)c1C(N)=S. The lowest BCUT2D eigenvalue weighted by Crippen LogP contribution is -2.17. The molecule has 1 unspecified atom stereocenters. The molecule has 20 heavy (non-hydrogen) atoms. The van der Waals surface area contributed by atoms with E-state index in [-0.39, 0.29) is 6.04 Å². The van der Waals surface area contributed by atoms with Crippen LogP contribution in [0.2, 0.25) is 0 Å². The summed E-state index contributed by atoms with van der Waals surface area (Å²) in [6, 6.07) is 10.2. The number of pyridine rings is 1. The van der Waals surface area contributed by atoms with E-state index in [1.165, 1.54) is 0 Å². The minimum Gasteiger partial charge on any atom is -0.389 e. The van der Waals surface area contributed by atoms with E-state index >= 15 is 0 Å². The summed E-state index contributed by atoms with van der Waals surface area (Å²) in [6.45, 7) is 4.06. The molecule has 0 spiro atoms. The summed E-state index contributed by atoms with van der Waals surface area (Å²) in [5.41, 5.74) is 8.80. The van der Waals surface area contributed by atoms with Crippen molar-refractivity contribution in [1.82, 2.24) is 4.98 Å². The van der Waals surface area contributed by atoms with Crippen molar-refractivity contribution in [2.24, 2.45) is 5.73 Å². The quantitative estimate of drug-likeness (QED) is 0.820. The molecule has 0 aliphatic rings. The van der Waals surface area contributed by atoms with E-state index < -0.39 is 0 Å². The van der Waals surface area contributed by atoms with Crippen LogP contribution in [0, 0.1) is 6.92 Å². The van der Waals surface area contributed by atoms with Gasteiger partial charge in [0.1, 0.15) is 10.8 Å². The van der Waals surface area contributed by atoms with E-state index in [1.807, 2.05) is 25.1 Å². The van der Waals surface area contributed by atoms with Gasteiger partial charge in [-0.15, -0.1) is 0 Å². The van der Waals surface area contributed by atoms with Gasteiger partial charge in [-0.3, -0.25) is 0 Å². The van der Waals surface area contributed by atoms with Gasteiger partial charge in [-0.1, -0.05) is 40.3 Å². The van der Waals surface area contributed by atoms with Gasteiger partial charge in [0.2, 0.25) is 0 Å². The van der Waals surface area contributed by atoms with Crippen LogP contribution in [-0.4, -0.2) is 9.97 Å². The molecule has 0 aliphatic carbocycles. The highest BCUT2D eigenvalue weighted by atomic mass is 79.9. The van der Waals surface area contributed by atoms with E-state index in [1.54, 1.807) is 6.20 Å². The molecular formula is C15H16BrN3S. The first-order valence-electron chi connectivity index (χ1n) is 6.26. The molecular weight excluding hydrogens is 334 g/mol. The third-order valence-corrected chi connectivity index (χ3v) is 3.80. The summed E-state index contributed by atoms with van der Waals surface area (Å²) in [5.74, 6) is 0.727. The third-order valence-electron chi connectivity index (χ3n) is 3.11. The maximum absolute atomic E-state index is 5.80. The van der Waals surface area contributed by atoms with Crippen LogP contribution in [0.1, 0.15) is 29.7 Å². The molecule has 1 aromatic heterocycles. The first kappa shape index (κ1) is 14.9. The molecule has 1 atom stereocenters. The van der Waals surface area contributed by atoms with Crippen molar-refractivity contribution < 1.29 is 0 Å². The predicted molar refractivity (Wildman–Crippen MR) is 91.0 cm³/mol. The molecule has 5 heteroatoms. The molecule has 0 amide bonds. The van der Waals surface area contributed by atoms with Crippen LogP contribution in [0.3, 0.4) is 0 Å². The Hall–Kier alpha value is -1.46. The van der Waals surface area contributed by atoms with Gasteiger partial charge in [-0.05, 0) is 43.2 Å². The number of anilines is 1. The predicted octanol–water partition coefficient (Wildman–Crippen LogP) is 3.96. The molecule has 2 rings (SSSR count). The zero-order chi connectivity index (χ0) is 14.7. The van der Waals surface area contributed by atoms with E-state index in [0.29, 0.717) is 4.99 Å². The Labute approximate surface area is 132 Å². The average Bonchev–Trinajstić information content (AvgIpc) is 2.38. The number of nitrogens with zero attached hydrogens (tertiary/aromatic N) is 1. The lowest BCUT2D eigenvalue weighted by atomic mass is 10.1. The lowest BCUT2D eigenvalue weighted by Gasteiger charge is -2.18. The minimum absolute atomic E-state index is 0.106. The number of aryl methyl sites for hydroxylation is 1. The highest BCUT2D eigenvalue weighted by Crippen LogP contribution is 2.24. The summed E-state index contributed by atoms with van der Waals surface area (Å²) in [6.07, 6.45) is 1.76. The van der Waals surface area contributed by atoms with Crippen LogP contribution in [0.25, 0.3) is 0 Å². The second kappa shape index (κ2) is 6.33. The zero-order valence-electron chi connectivity index (χ0n) is 11.4. The minimum atomic E-state index is 0.106. The van der Waals surface area contributed by atoms with Crippen molar-refractivity contribution in [3.8, 4) is 0 Å². The van der Waals surface area contributed by atoms with Gasteiger partial charge < -0.3 is 11.1 Å². The topological polar surface area (TPSA) is 50.9 Å². The van der Waals surface area contributed by atoms with E-state index in [9.17, 15) is 0 Å². The summed E-state index contributed by atoms with van der Waals surface area (Å²) in [5, 5.41) is 3.38. The van der Waals surface area contributed by atoms with Crippen molar-refractivity contribution in [1.29, 1.82) is 0 Å². The number of aromatic nitrogens is 1. The van der Waals surface area contributed by atoms with E-state index in [4.69, 9.17) is 18.0 Å². The van der Waals surface area contributed by atoms with E-state index in [2.05, 4.69) is 45.3 Å². The molecule has 0 saturated heterocycles. The fourth-order valence-corrected chi connectivity index (χ4v) is 2.72. The number of rotatable bonds is 4. The van der Waals surface area contributed by atoms with Crippen LogP contribution >= 0.6 is 28.1 Å². The van der Waals surface area contributed by atoms with Crippen molar-refractivity contribution in [3.63, 3.8) is 0 Å².